The van der Waals surface area contributed by atoms with E-state index in [0.717, 1.165) is 30.0 Å². The van der Waals surface area contributed by atoms with Crippen molar-refractivity contribution in [1.82, 2.24) is 0 Å². The molecule has 0 aliphatic rings. The maximum Gasteiger partial charge on any atom is 0.120 e. The molecule has 0 aliphatic carbocycles. The molecule has 0 unspecified atom stereocenters. The lowest BCUT2D eigenvalue weighted by molar-refractivity contribution is 0.414. The number of nitrogens with two attached hydrogens (primary N) is 1. The summed E-state index contributed by atoms with van der Waals surface area (Å²) in [6.45, 7) is 3.55. The Bertz CT molecular complexity index is 578. The summed E-state index contributed by atoms with van der Waals surface area (Å²) in [6, 6.07) is 14.8. The predicted octanol–water partition coefficient (Wildman–Crippen LogP) is 3.35. The molecule has 0 atom stereocenters. The molecule has 0 radical (unpaired) electrons. The number of ether oxygens (including phenoxy) is 1. The molecule has 2 aromatic carbocycles. The molecular weight excluding hydrogens is 260 g/mol. The Morgan fingerprint density at radius 1 is 1.05 bits per heavy atom. The van der Waals surface area contributed by atoms with Crippen molar-refractivity contribution in [3.05, 3.63) is 59.2 Å². The highest BCUT2D eigenvalue weighted by atomic mass is 16.5. The molecule has 0 saturated carbocycles. The molecule has 0 saturated heterocycles. The van der Waals surface area contributed by atoms with Gasteiger partial charge in [-0.25, -0.2) is 0 Å². The summed E-state index contributed by atoms with van der Waals surface area (Å²) in [5.74, 6) is 0.857. The van der Waals surface area contributed by atoms with Gasteiger partial charge in [0, 0.05) is 31.9 Å². The standard InChI is InChI=1S/C18H24N2O/c1-4-14-5-7-15(8-6-14)13-20(2)18-11-17(21-3)10-9-16(18)12-19/h5-11H,4,12-13,19H2,1-3H3. The SMILES string of the molecule is CCc1ccc(CN(C)c2cc(OC)ccc2CN)cc1. The Hall–Kier alpha value is -2.00. The third-order valence-electron chi connectivity index (χ3n) is 3.77. The van der Waals surface area contributed by atoms with Gasteiger partial charge in [0.1, 0.15) is 5.75 Å². The molecule has 112 valence electrons. The fourth-order valence-electron chi connectivity index (χ4n) is 2.44. The topological polar surface area (TPSA) is 38.5 Å². The molecule has 0 aliphatic heterocycles. The lowest BCUT2D eigenvalue weighted by Gasteiger charge is -2.23. The Kier molecular flexibility index (Phi) is 5.23. The van der Waals surface area contributed by atoms with Crippen molar-refractivity contribution in [2.75, 3.05) is 19.1 Å². The highest BCUT2D eigenvalue weighted by molar-refractivity contribution is 5.57. The first kappa shape index (κ1) is 15.4. The number of hydrogen-bond donors (Lipinski definition) is 1. The van der Waals surface area contributed by atoms with Crippen molar-refractivity contribution in [2.45, 2.75) is 26.4 Å². The fraction of sp³-hybridized carbons (Fsp3) is 0.333. The number of nitrogens with zero attached hydrogens (tertiary/aromatic N) is 1. The van der Waals surface area contributed by atoms with E-state index in [1.807, 2.05) is 18.2 Å². The average Bonchev–Trinajstić information content (AvgIpc) is 2.54. The van der Waals surface area contributed by atoms with Crippen LogP contribution in [0, 0.1) is 0 Å². The van der Waals surface area contributed by atoms with Gasteiger partial charge in [0.15, 0.2) is 0 Å². The van der Waals surface area contributed by atoms with E-state index in [4.69, 9.17) is 10.5 Å². The molecule has 0 aromatic heterocycles. The van der Waals surface area contributed by atoms with Gasteiger partial charge in [-0.05, 0) is 29.2 Å². The van der Waals surface area contributed by atoms with Gasteiger partial charge in [-0.3, -0.25) is 0 Å². The average molecular weight is 284 g/mol. The molecule has 0 heterocycles. The zero-order valence-electron chi connectivity index (χ0n) is 13.1. The number of rotatable bonds is 6. The minimum Gasteiger partial charge on any atom is -0.497 e. The number of aryl methyl sites for hydroxylation is 1. The molecule has 21 heavy (non-hydrogen) atoms. The summed E-state index contributed by atoms with van der Waals surface area (Å²) >= 11 is 0. The second kappa shape index (κ2) is 7.14. The summed E-state index contributed by atoms with van der Waals surface area (Å²) in [7, 11) is 3.77. The van der Waals surface area contributed by atoms with Gasteiger partial charge in [0.05, 0.1) is 7.11 Å². The zero-order chi connectivity index (χ0) is 15.2. The van der Waals surface area contributed by atoms with Gasteiger partial charge < -0.3 is 15.4 Å². The van der Waals surface area contributed by atoms with E-state index >= 15 is 0 Å². The van der Waals surface area contributed by atoms with Gasteiger partial charge >= 0.3 is 0 Å². The first-order valence-corrected chi connectivity index (χ1v) is 7.33. The van der Waals surface area contributed by atoms with Crippen LogP contribution in [0.3, 0.4) is 0 Å². The van der Waals surface area contributed by atoms with Crippen LogP contribution in [0.1, 0.15) is 23.6 Å². The van der Waals surface area contributed by atoms with Crippen LogP contribution in [-0.2, 0) is 19.5 Å². The summed E-state index contributed by atoms with van der Waals surface area (Å²) in [5.41, 5.74) is 10.8. The minimum absolute atomic E-state index is 0.526. The molecule has 0 bridgehead atoms. The molecule has 0 fully saturated rings. The quantitative estimate of drug-likeness (QED) is 0.884. The van der Waals surface area contributed by atoms with Gasteiger partial charge in [-0.1, -0.05) is 37.3 Å². The van der Waals surface area contributed by atoms with E-state index < -0.39 is 0 Å². The highest BCUT2D eigenvalue weighted by Crippen LogP contribution is 2.26. The second-order valence-electron chi connectivity index (χ2n) is 5.22. The summed E-state index contributed by atoms with van der Waals surface area (Å²) in [6.07, 6.45) is 1.07. The Morgan fingerprint density at radius 2 is 1.71 bits per heavy atom. The molecule has 3 nitrogen and oxygen atoms in total. The fourth-order valence-corrected chi connectivity index (χ4v) is 2.44. The van der Waals surface area contributed by atoms with Crippen molar-refractivity contribution in [3.63, 3.8) is 0 Å². The third-order valence-corrected chi connectivity index (χ3v) is 3.77. The van der Waals surface area contributed by atoms with E-state index in [1.54, 1.807) is 7.11 Å². The number of anilines is 1. The van der Waals surface area contributed by atoms with Crippen LogP contribution in [-0.4, -0.2) is 14.2 Å². The van der Waals surface area contributed by atoms with Crippen LogP contribution in [0.5, 0.6) is 5.75 Å². The second-order valence-corrected chi connectivity index (χ2v) is 5.22. The van der Waals surface area contributed by atoms with E-state index in [0.29, 0.717) is 6.54 Å². The monoisotopic (exact) mass is 284 g/mol. The molecule has 0 amide bonds. The largest absolute Gasteiger partial charge is 0.497 e. The first-order chi connectivity index (χ1) is 10.2. The Morgan fingerprint density at radius 3 is 2.29 bits per heavy atom. The summed E-state index contributed by atoms with van der Waals surface area (Å²) < 4.78 is 5.32. The highest BCUT2D eigenvalue weighted by Gasteiger charge is 2.09. The van der Waals surface area contributed by atoms with Gasteiger partial charge in [0.2, 0.25) is 0 Å². The summed E-state index contributed by atoms with van der Waals surface area (Å²) in [5, 5.41) is 0. The van der Waals surface area contributed by atoms with E-state index in [2.05, 4.69) is 43.1 Å². The van der Waals surface area contributed by atoms with Crippen LogP contribution in [0.4, 0.5) is 5.69 Å². The van der Waals surface area contributed by atoms with Crippen LogP contribution >= 0.6 is 0 Å². The lowest BCUT2D eigenvalue weighted by atomic mass is 10.1. The van der Waals surface area contributed by atoms with Gasteiger partial charge in [-0.15, -0.1) is 0 Å². The van der Waals surface area contributed by atoms with Crippen LogP contribution in [0.15, 0.2) is 42.5 Å². The van der Waals surface area contributed by atoms with Crippen LogP contribution < -0.4 is 15.4 Å². The Balaban J connectivity index is 2.20. The van der Waals surface area contributed by atoms with E-state index in [9.17, 15) is 0 Å². The van der Waals surface area contributed by atoms with Crippen molar-refractivity contribution in [2.24, 2.45) is 5.73 Å². The number of benzene rings is 2. The summed E-state index contributed by atoms with van der Waals surface area (Å²) in [4.78, 5) is 2.21. The molecule has 3 heteroatoms. The molecule has 2 rings (SSSR count). The van der Waals surface area contributed by atoms with Crippen molar-refractivity contribution < 1.29 is 4.74 Å². The molecule has 2 aromatic rings. The van der Waals surface area contributed by atoms with Crippen molar-refractivity contribution in [3.8, 4) is 5.75 Å². The smallest absolute Gasteiger partial charge is 0.120 e. The molecule has 2 N–H and O–H groups in total. The number of methoxy groups -OCH3 is 1. The third kappa shape index (κ3) is 3.76. The normalized spacial score (nSPS) is 10.5. The first-order valence-electron chi connectivity index (χ1n) is 7.33. The minimum atomic E-state index is 0.526. The van der Waals surface area contributed by atoms with Crippen LogP contribution in [0.25, 0.3) is 0 Å². The van der Waals surface area contributed by atoms with Crippen molar-refractivity contribution >= 4 is 5.69 Å². The van der Waals surface area contributed by atoms with Gasteiger partial charge in [0.25, 0.3) is 0 Å². The molecular formula is C18H24N2O. The van der Waals surface area contributed by atoms with Gasteiger partial charge in [-0.2, -0.15) is 0 Å². The Labute approximate surface area is 127 Å². The lowest BCUT2D eigenvalue weighted by Crippen LogP contribution is -2.19. The molecule has 0 spiro atoms. The van der Waals surface area contributed by atoms with E-state index in [1.165, 1.54) is 11.1 Å². The van der Waals surface area contributed by atoms with Crippen molar-refractivity contribution in [1.29, 1.82) is 0 Å². The maximum atomic E-state index is 5.84. The maximum absolute atomic E-state index is 5.84. The van der Waals surface area contributed by atoms with E-state index in [-0.39, 0.29) is 0 Å². The zero-order valence-corrected chi connectivity index (χ0v) is 13.1. The van der Waals surface area contributed by atoms with Crippen LogP contribution in [0.2, 0.25) is 0 Å². The predicted molar refractivity (Wildman–Crippen MR) is 88.8 cm³/mol. The number of hydrogen-bond acceptors (Lipinski definition) is 3.